The summed E-state index contributed by atoms with van der Waals surface area (Å²) in [6.45, 7) is 1.45. The molecule has 2 aliphatic rings. The fourth-order valence-electron chi connectivity index (χ4n) is 6.62. The van der Waals surface area contributed by atoms with Crippen LogP contribution in [0.25, 0.3) is 11.0 Å². The highest BCUT2D eigenvalue weighted by atomic mass is 35.5. The predicted molar refractivity (Wildman–Crippen MR) is 174 cm³/mol. The molecule has 1 aliphatic carbocycles. The summed E-state index contributed by atoms with van der Waals surface area (Å²) >= 11 is 6.09. The van der Waals surface area contributed by atoms with E-state index in [1.807, 2.05) is 23.1 Å². The van der Waals surface area contributed by atoms with Crippen molar-refractivity contribution in [3.8, 4) is 0 Å². The first-order valence-corrected chi connectivity index (χ1v) is 16.1. The lowest BCUT2D eigenvalue weighted by molar-refractivity contribution is -0.133. The zero-order valence-corrected chi connectivity index (χ0v) is 26.1. The number of allylic oxidation sites excluding steroid dienone is 1. The van der Waals surface area contributed by atoms with Gasteiger partial charge in [-0.25, -0.2) is 8.78 Å². The largest absolute Gasteiger partial charge is 0.448 e. The molecule has 3 aromatic carbocycles. The molecule has 2 heterocycles. The third-order valence-electron chi connectivity index (χ3n) is 9.00. The highest BCUT2D eigenvalue weighted by Gasteiger charge is 2.25. The summed E-state index contributed by atoms with van der Waals surface area (Å²) in [5, 5.41) is 3.28. The van der Waals surface area contributed by atoms with E-state index in [4.69, 9.17) is 16.0 Å². The van der Waals surface area contributed by atoms with Gasteiger partial charge in [0.05, 0.1) is 11.4 Å². The molecule has 0 bridgehead atoms. The van der Waals surface area contributed by atoms with Crippen LogP contribution in [0.1, 0.15) is 78.1 Å². The van der Waals surface area contributed by atoms with Crippen LogP contribution in [-0.2, 0) is 17.8 Å². The Kier molecular flexibility index (Phi) is 9.64. The molecule has 2 fully saturated rings. The molecule has 1 aromatic heterocycles. The summed E-state index contributed by atoms with van der Waals surface area (Å²) in [5.74, 6) is -2.39. The number of carbonyl (C=O) groups is 2. The minimum absolute atomic E-state index is 0.227. The maximum Gasteiger partial charge on any atom is 0.287 e. The van der Waals surface area contributed by atoms with E-state index in [9.17, 15) is 23.2 Å². The van der Waals surface area contributed by atoms with Crippen molar-refractivity contribution in [3.05, 3.63) is 128 Å². The van der Waals surface area contributed by atoms with Crippen molar-refractivity contribution in [3.63, 3.8) is 0 Å². The van der Waals surface area contributed by atoms with E-state index < -0.39 is 34.6 Å². The first-order valence-electron chi connectivity index (χ1n) is 15.8. The lowest BCUT2D eigenvalue weighted by atomic mass is 9.79. The van der Waals surface area contributed by atoms with Crippen molar-refractivity contribution in [1.82, 2.24) is 10.2 Å². The Morgan fingerprint density at radius 2 is 1.76 bits per heavy atom. The number of benzene rings is 3. The van der Waals surface area contributed by atoms with Crippen molar-refractivity contribution >= 4 is 34.4 Å². The van der Waals surface area contributed by atoms with Crippen LogP contribution in [0.15, 0.2) is 87.6 Å². The topological polar surface area (TPSA) is 79.6 Å². The Balaban J connectivity index is 1.20. The average molecular weight is 645 g/mol. The Morgan fingerprint density at radius 3 is 2.52 bits per heavy atom. The second-order valence-electron chi connectivity index (χ2n) is 12.2. The Bertz CT molecular complexity index is 1840. The van der Waals surface area contributed by atoms with E-state index in [0.717, 1.165) is 62.8 Å². The number of nitrogens with one attached hydrogen (secondary N) is 1. The van der Waals surface area contributed by atoms with Crippen LogP contribution in [0.5, 0.6) is 0 Å². The number of hydrogen-bond acceptors (Lipinski definition) is 4. The molecule has 0 spiro atoms. The van der Waals surface area contributed by atoms with Crippen LogP contribution < -0.4 is 10.7 Å². The van der Waals surface area contributed by atoms with Crippen molar-refractivity contribution in [2.75, 3.05) is 6.54 Å². The Morgan fingerprint density at radius 1 is 1.00 bits per heavy atom. The number of rotatable bonds is 8. The fraction of sp³-hybridized carbons (Fsp3) is 0.324. The molecule has 1 saturated carbocycles. The molecule has 4 aromatic rings. The molecule has 46 heavy (non-hydrogen) atoms. The van der Waals surface area contributed by atoms with Crippen molar-refractivity contribution in [2.45, 2.75) is 69.9 Å². The van der Waals surface area contributed by atoms with Gasteiger partial charge in [-0.3, -0.25) is 14.4 Å². The number of nitrogens with zero attached hydrogens (tertiary/aromatic N) is 1. The average Bonchev–Trinajstić information content (AvgIpc) is 3.04. The minimum Gasteiger partial charge on any atom is -0.448 e. The number of likely N-dealkylation sites (tertiary alicyclic amines) is 1. The van der Waals surface area contributed by atoms with Crippen LogP contribution in [0.3, 0.4) is 0 Å². The van der Waals surface area contributed by atoms with Crippen molar-refractivity contribution < 1.29 is 22.8 Å². The van der Waals surface area contributed by atoms with E-state index >= 15 is 0 Å². The lowest BCUT2D eigenvalue weighted by Crippen LogP contribution is -2.36. The quantitative estimate of drug-likeness (QED) is 0.198. The molecule has 0 radical (unpaired) electrons. The number of fused-ring (bicyclic) bond motifs is 1. The summed E-state index contributed by atoms with van der Waals surface area (Å²) in [4.78, 5) is 40.4. The zero-order valence-electron chi connectivity index (χ0n) is 25.4. The third kappa shape index (κ3) is 7.39. The summed E-state index contributed by atoms with van der Waals surface area (Å²) in [7, 11) is 0. The van der Waals surface area contributed by atoms with Crippen LogP contribution in [0, 0.1) is 11.6 Å². The van der Waals surface area contributed by atoms with Gasteiger partial charge in [0.1, 0.15) is 5.82 Å². The smallest absolute Gasteiger partial charge is 0.287 e. The first-order chi connectivity index (χ1) is 22.2. The second-order valence-corrected chi connectivity index (χ2v) is 12.7. The van der Waals surface area contributed by atoms with E-state index in [-0.39, 0.29) is 17.1 Å². The Hall–Kier alpha value is -4.30. The van der Waals surface area contributed by atoms with Gasteiger partial charge >= 0.3 is 0 Å². The van der Waals surface area contributed by atoms with Gasteiger partial charge in [-0.15, -0.1) is 0 Å². The lowest BCUT2D eigenvalue weighted by Gasteiger charge is -2.31. The fourth-order valence-corrected chi connectivity index (χ4v) is 6.75. The molecule has 1 aliphatic heterocycles. The van der Waals surface area contributed by atoms with Crippen molar-refractivity contribution in [1.29, 1.82) is 0 Å². The summed E-state index contributed by atoms with van der Waals surface area (Å²) in [5.41, 5.74) is 3.49. The summed E-state index contributed by atoms with van der Waals surface area (Å²) < 4.78 is 33.6. The van der Waals surface area contributed by atoms with Gasteiger partial charge in [0, 0.05) is 36.7 Å². The highest BCUT2D eigenvalue weighted by Crippen LogP contribution is 2.37. The normalized spacial score (nSPS) is 17.6. The molecule has 9 heteroatoms. The van der Waals surface area contributed by atoms with Crippen LogP contribution in [0.2, 0.25) is 5.02 Å². The molecule has 6 nitrogen and oxygen atoms in total. The van der Waals surface area contributed by atoms with Gasteiger partial charge in [0.25, 0.3) is 5.91 Å². The zero-order chi connectivity index (χ0) is 32.2. The molecule has 238 valence electrons. The predicted octanol–water partition coefficient (Wildman–Crippen LogP) is 7.86. The highest BCUT2D eigenvalue weighted by molar-refractivity contribution is 6.30. The first kappa shape index (κ1) is 31.7. The molecule has 1 atom stereocenters. The van der Waals surface area contributed by atoms with Gasteiger partial charge in [-0.1, -0.05) is 59.6 Å². The number of hydrogen-bond donors (Lipinski definition) is 1. The van der Waals surface area contributed by atoms with E-state index in [1.165, 1.54) is 16.7 Å². The van der Waals surface area contributed by atoms with Gasteiger partial charge in [0.2, 0.25) is 5.91 Å². The third-order valence-corrected chi connectivity index (χ3v) is 9.25. The maximum absolute atomic E-state index is 14.4. The summed E-state index contributed by atoms with van der Waals surface area (Å²) in [6.07, 6.45) is 8.72. The van der Waals surface area contributed by atoms with Gasteiger partial charge in [0.15, 0.2) is 22.6 Å². The molecular weight excluding hydrogens is 610 g/mol. The second kappa shape index (κ2) is 14.0. The number of halogens is 3. The standard InChI is InChI=1S/C37H35ClF2N2O4/c38-27-14-10-24(11-15-27)18-29(41-37(45)34-21-33(43)31-19-28(39)20-32(40)36(31)46-34)17-23-8-12-25(13-9-23)30-6-2-1-5-26(30)22-42-16-4-3-7-35(42)44/h1-2,5-6,10-11,14-15,17,19-21,25,29H,3-4,7-9,12-13,16,18,22H2,(H,41,45)/t25?,29-/m0/s1. The number of amides is 2. The van der Waals surface area contributed by atoms with Crippen LogP contribution in [-0.4, -0.2) is 29.3 Å². The maximum atomic E-state index is 14.4. The van der Waals surface area contributed by atoms with Gasteiger partial charge < -0.3 is 14.6 Å². The van der Waals surface area contributed by atoms with E-state index in [1.54, 1.807) is 12.1 Å². The van der Waals surface area contributed by atoms with Gasteiger partial charge in [-0.05, 0) is 85.8 Å². The molecular formula is C37H35ClF2N2O4. The summed E-state index contributed by atoms with van der Waals surface area (Å²) in [6, 6.07) is 17.8. The molecule has 6 rings (SSSR count). The molecule has 1 saturated heterocycles. The van der Waals surface area contributed by atoms with Crippen LogP contribution in [0.4, 0.5) is 8.78 Å². The molecule has 1 N–H and O–H groups in total. The monoisotopic (exact) mass is 644 g/mol. The minimum atomic E-state index is -1.05. The number of piperidine rings is 1. The SMILES string of the molecule is O=C(N[C@@H](C=C1CCC(c2ccccc2CN2CCCCC2=O)CC1)Cc1ccc(Cl)cc1)c1cc(=O)c2cc(F)cc(F)c2o1. The van der Waals surface area contributed by atoms with Crippen molar-refractivity contribution in [2.24, 2.45) is 0 Å². The Labute approximate surface area is 271 Å². The van der Waals surface area contributed by atoms with E-state index in [2.05, 4.69) is 29.6 Å². The molecule has 0 unspecified atom stereocenters. The number of carbonyl (C=O) groups excluding carboxylic acids is 2. The van der Waals surface area contributed by atoms with Gasteiger partial charge in [-0.2, -0.15) is 0 Å². The van der Waals surface area contributed by atoms with Crippen LogP contribution >= 0.6 is 11.6 Å². The van der Waals surface area contributed by atoms with E-state index in [0.29, 0.717) is 36.4 Å². The molecule has 2 amide bonds.